The van der Waals surface area contributed by atoms with E-state index in [1.165, 1.54) is 36.1 Å². The Labute approximate surface area is 172 Å². The van der Waals surface area contributed by atoms with Crippen LogP contribution in [0.2, 0.25) is 0 Å². The molecular formula is C19H21N5O5S. The van der Waals surface area contributed by atoms with Gasteiger partial charge in [-0.05, 0) is 36.6 Å². The van der Waals surface area contributed by atoms with E-state index >= 15 is 0 Å². The van der Waals surface area contributed by atoms with E-state index in [1.54, 1.807) is 19.2 Å². The number of sulfonamides is 1. The smallest absolute Gasteiger partial charge is 0.252 e. The molecule has 10 nitrogen and oxygen atoms in total. The van der Waals surface area contributed by atoms with E-state index in [4.69, 9.17) is 0 Å². The maximum atomic E-state index is 13.2. The lowest BCUT2D eigenvalue weighted by Gasteiger charge is -2.19. The summed E-state index contributed by atoms with van der Waals surface area (Å²) in [6.45, 7) is -0.457. The zero-order valence-electron chi connectivity index (χ0n) is 16.4. The summed E-state index contributed by atoms with van der Waals surface area (Å²) in [4.78, 5) is 24.0. The molecule has 11 heteroatoms. The predicted molar refractivity (Wildman–Crippen MR) is 109 cm³/mol. The van der Waals surface area contributed by atoms with Gasteiger partial charge in [0.05, 0.1) is 23.9 Å². The molecule has 0 radical (unpaired) electrons. The second-order valence-electron chi connectivity index (χ2n) is 7.51. The van der Waals surface area contributed by atoms with Crippen LogP contribution in [-0.4, -0.2) is 52.1 Å². The summed E-state index contributed by atoms with van der Waals surface area (Å²) in [5, 5.41) is 20.1. The van der Waals surface area contributed by atoms with Crippen molar-refractivity contribution in [2.75, 3.05) is 18.9 Å². The van der Waals surface area contributed by atoms with E-state index in [0.29, 0.717) is 29.3 Å². The van der Waals surface area contributed by atoms with Gasteiger partial charge >= 0.3 is 0 Å². The number of nitrogens with zero attached hydrogens (tertiary/aromatic N) is 3. The summed E-state index contributed by atoms with van der Waals surface area (Å²) in [5.41, 5.74) is -0.228. The third-order valence-electron chi connectivity index (χ3n) is 5.22. The topological polar surface area (TPSA) is 137 Å². The quantitative estimate of drug-likeness (QED) is 0.520. The van der Waals surface area contributed by atoms with E-state index in [9.17, 15) is 23.1 Å². The normalized spacial score (nSPS) is 15.5. The van der Waals surface area contributed by atoms with Crippen molar-refractivity contribution < 1.29 is 18.3 Å². The molecule has 1 saturated carbocycles. The number of fused-ring (bicyclic) bond motifs is 1. The standard InChI is InChI=1S/C19H21N5O5S/c1-23-6-3-14(9-17(23)26)21-16(25)11-24(2)30(28,29)15-8-13(19(27)4-5-19)7-12-10-20-22-18(12)15/h3,6-10,27H,4-5,11H2,1-2H3,(H,20,22)(H,21,25). The number of H-pyrrole nitrogens is 1. The van der Waals surface area contributed by atoms with Crippen molar-refractivity contribution >= 4 is 32.5 Å². The third-order valence-corrected chi connectivity index (χ3v) is 7.04. The number of likely N-dealkylation sites (N-methyl/N-ethyl adjacent to an activating group) is 1. The average molecular weight is 431 g/mol. The third kappa shape index (κ3) is 3.62. The second kappa shape index (κ2) is 7.04. The second-order valence-corrected chi connectivity index (χ2v) is 9.53. The minimum atomic E-state index is -4.07. The molecular weight excluding hydrogens is 410 g/mol. The molecule has 0 aliphatic heterocycles. The van der Waals surface area contributed by atoms with Crippen LogP contribution in [0.5, 0.6) is 0 Å². The largest absolute Gasteiger partial charge is 0.385 e. The molecule has 1 aliphatic rings. The number of rotatable bonds is 6. The fraction of sp³-hybridized carbons (Fsp3) is 0.316. The lowest BCUT2D eigenvalue weighted by molar-refractivity contribution is -0.116. The van der Waals surface area contributed by atoms with Crippen molar-refractivity contribution in [2.45, 2.75) is 23.3 Å². The van der Waals surface area contributed by atoms with Gasteiger partial charge in [0.1, 0.15) is 4.90 Å². The highest BCUT2D eigenvalue weighted by molar-refractivity contribution is 7.89. The fourth-order valence-electron chi connectivity index (χ4n) is 3.19. The van der Waals surface area contributed by atoms with Crippen LogP contribution < -0.4 is 10.9 Å². The molecule has 0 unspecified atom stereocenters. The number of pyridine rings is 1. The Bertz CT molecular complexity index is 1310. The molecule has 3 N–H and O–H groups in total. The van der Waals surface area contributed by atoms with E-state index < -0.39 is 28.1 Å². The number of aryl methyl sites for hydroxylation is 1. The van der Waals surface area contributed by atoms with Crippen LogP contribution in [0.15, 0.2) is 46.3 Å². The molecule has 30 heavy (non-hydrogen) atoms. The highest BCUT2D eigenvalue weighted by atomic mass is 32.2. The van der Waals surface area contributed by atoms with Gasteiger partial charge in [0.2, 0.25) is 15.9 Å². The summed E-state index contributed by atoms with van der Waals surface area (Å²) in [5.74, 6) is -0.591. The fourth-order valence-corrected chi connectivity index (χ4v) is 4.51. The van der Waals surface area contributed by atoms with Gasteiger partial charge in [0.25, 0.3) is 5.56 Å². The van der Waals surface area contributed by atoms with Crippen LogP contribution >= 0.6 is 0 Å². The van der Waals surface area contributed by atoms with Crippen molar-refractivity contribution in [1.29, 1.82) is 0 Å². The number of hydrogen-bond acceptors (Lipinski definition) is 6. The first kappa shape index (κ1) is 20.3. The van der Waals surface area contributed by atoms with Gasteiger partial charge in [-0.25, -0.2) is 8.42 Å². The minimum absolute atomic E-state index is 0.0586. The Balaban J connectivity index is 1.60. The number of aliphatic hydroxyl groups is 1. The summed E-state index contributed by atoms with van der Waals surface area (Å²) in [7, 11) is -1.20. The van der Waals surface area contributed by atoms with Crippen LogP contribution in [0.1, 0.15) is 18.4 Å². The van der Waals surface area contributed by atoms with E-state index in [2.05, 4.69) is 15.5 Å². The highest BCUT2D eigenvalue weighted by Gasteiger charge is 2.43. The zero-order valence-corrected chi connectivity index (χ0v) is 17.2. The van der Waals surface area contributed by atoms with Crippen LogP contribution in [-0.2, 0) is 27.5 Å². The number of nitrogens with one attached hydrogen (secondary N) is 2. The molecule has 1 fully saturated rings. The Kier molecular flexibility index (Phi) is 4.76. The monoisotopic (exact) mass is 431 g/mol. The van der Waals surface area contributed by atoms with Crippen molar-refractivity contribution in [1.82, 2.24) is 19.1 Å². The number of amides is 1. The SMILES string of the molecule is CN(CC(=O)Nc1ccn(C)c(=O)c1)S(=O)(=O)c1cc(C2(O)CC2)cc2cn[nH]c12. The summed E-state index contributed by atoms with van der Waals surface area (Å²) < 4.78 is 28.7. The van der Waals surface area contributed by atoms with Crippen LogP contribution in [0, 0.1) is 0 Å². The van der Waals surface area contributed by atoms with Crippen molar-refractivity contribution in [3.8, 4) is 0 Å². The van der Waals surface area contributed by atoms with Crippen molar-refractivity contribution in [3.63, 3.8) is 0 Å². The Morgan fingerprint density at radius 3 is 2.77 bits per heavy atom. The van der Waals surface area contributed by atoms with Gasteiger partial charge in [0.15, 0.2) is 0 Å². The number of anilines is 1. The van der Waals surface area contributed by atoms with Crippen molar-refractivity contribution in [2.24, 2.45) is 7.05 Å². The van der Waals surface area contributed by atoms with E-state index in [1.807, 2.05) is 0 Å². The maximum Gasteiger partial charge on any atom is 0.252 e. The highest BCUT2D eigenvalue weighted by Crippen LogP contribution is 2.46. The van der Waals surface area contributed by atoms with E-state index in [-0.39, 0.29) is 16.1 Å². The van der Waals surface area contributed by atoms with Crippen molar-refractivity contribution in [3.05, 3.63) is 52.6 Å². The first-order chi connectivity index (χ1) is 14.1. The zero-order chi connectivity index (χ0) is 21.7. The molecule has 0 spiro atoms. The lowest BCUT2D eigenvalue weighted by Crippen LogP contribution is -2.35. The van der Waals surface area contributed by atoms with Crippen LogP contribution in [0.4, 0.5) is 5.69 Å². The van der Waals surface area contributed by atoms with Gasteiger partial charge in [-0.15, -0.1) is 0 Å². The van der Waals surface area contributed by atoms with Gasteiger partial charge < -0.3 is 15.0 Å². The predicted octanol–water partition coefficient (Wildman–Crippen LogP) is 0.502. The summed E-state index contributed by atoms with van der Waals surface area (Å²) in [6, 6.07) is 5.94. The molecule has 0 saturated heterocycles. The maximum absolute atomic E-state index is 13.2. The van der Waals surface area contributed by atoms with Gasteiger partial charge in [-0.3, -0.25) is 14.7 Å². The van der Waals surface area contributed by atoms with Gasteiger partial charge in [0, 0.05) is 37.4 Å². The summed E-state index contributed by atoms with van der Waals surface area (Å²) in [6.07, 6.45) is 4.11. The minimum Gasteiger partial charge on any atom is -0.385 e. The van der Waals surface area contributed by atoms with E-state index in [0.717, 1.165) is 4.31 Å². The molecule has 1 aliphatic carbocycles. The van der Waals surface area contributed by atoms with Crippen LogP contribution in [0.3, 0.4) is 0 Å². The van der Waals surface area contributed by atoms with Gasteiger partial charge in [-0.2, -0.15) is 9.40 Å². The number of benzene rings is 1. The Hall–Kier alpha value is -3.02. The molecule has 1 aromatic carbocycles. The number of aromatic nitrogens is 3. The Morgan fingerprint density at radius 1 is 1.37 bits per heavy atom. The molecule has 0 bridgehead atoms. The van der Waals surface area contributed by atoms with Crippen LogP contribution in [0.25, 0.3) is 10.9 Å². The first-order valence-electron chi connectivity index (χ1n) is 9.23. The molecule has 2 aromatic heterocycles. The first-order valence-corrected chi connectivity index (χ1v) is 10.7. The number of hydrogen-bond donors (Lipinski definition) is 3. The molecule has 1 amide bonds. The number of aromatic amines is 1. The average Bonchev–Trinajstić information content (AvgIpc) is 3.25. The molecule has 158 valence electrons. The summed E-state index contributed by atoms with van der Waals surface area (Å²) >= 11 is 0. The molecule has 0 atom stereocenters. The lowest BCUT2D eigenvalue weighted by atomic mass is 10.1. The molecule has 2 heterocycles. The van der Waals surface area contributed by atoms with Gasteiger partial charge in [-0.1, -0.05) is 0 Å². The number of carbonyl (C=O) groups is 1. The molecule has 3 aromatic rings. The Morgan fingerprint density at radius 2 is 2.10 bits per heavy atom. The number of carbonyl (C=O) groups excluding carboxylic acids is 1. The molecule has 4 rings (SSSR count).